The highest BCUT2D eigenvalue weighted by atomic mass is 35.5. The van der Waals surface area contributed by atoms with Crippen LogP contribution in [0.4, 0.5) is 0 Å². The van der Waals surface area contributed by atoms with Gasteiger partial charge in [0.2, 0.25) is 0 Å². The van der Waals surface area contributed by atoms with Gasteiger partial charge in [-0.05, 0) is 60.1 Å². The number of carbonyl (C=O) groups excluding carboxylic acids is 2. The molecule has 0 fully saturated rings. The zero-order valence-corrected chi connectivity index (χ0v) is 15.4. The van der Waals surface area contributed by atoms with Crippen LogP contribution in [0, 0.1) is 0 Å². The number of hydrogen-bond acceptors (Lipinski definition) is 3. The average Bonchev–Trinajstić information content (AvgIpc) is 2.60. The van der Waals surface area contributed by atoms with Crippen LogP contribution in [0.15, 0.2) is 48.5 Å². The lowest BCUT2D eigenvalue weighted by Crippen LogP contribution is -2.48. The topological polar surface area (TPSA) is 70.2 Å². The number of halogens is 1. The van der Waals surface area contributed by atoms with E-state index >= 15 is 0 Å². The summed E-state index contributed by atoms with van der Waals surface area (Å²) in [6, 6.07) is 13.7. The van der Waals surface area contributed by atoms with E-state index in [4.69, 9.17) is 23.8 Å². The van der Waals surface area contributed by atoms with Gasteiger partial charge in [0.05, 0.1) is 0 Å². The standard InChI is InChI=1S/C18H18ClN3O2S/c1-11(2)12-3-5-13(6-4-12)16(23)20-18(25)22-21-17(24)14-7-9-15(19)10-8-14/h3-11H,1-2H3,(H,21,24)(H2,20,22,23,25). The van der Waals surface area contributed by atoms with Crippen molar-refractivity contribution in [2.24, 2.45) is 0 Å². The number of nitrogens with one attached hydrogen (secondary N) is 3. The summed E-state index contributed by atoms with van der Waals surface area (Å²) in [5, 5.41) is 3.04. The molecule has 2 amide bonds. The Labute approximate surface area is 156 Å². The fourth-order valence-corrected chi connectivity index (χ4v) is 2.28. The van der Waals surface area contributed by atoms with E-state index in [0.717, 1.165) is 5.56 Å². The molecule has 2 rings (SSSR count). The number of carbonyl (C=O) groups is 2. The SMILES string of the molecule is CC(C)c1ccc(C(=O)NC(=S)NNC(=O)c2ccc(Cl)cc2)cc1. The minimum atomic E-state index is -0.394. The molecule has 2 aromatic rings. The normalized spacial score (nSPS) is 10.2. The Hall–Kier alpha value is -2.44. The monoisotopic (exact) mass is 375 g/mol. The molecule has 0 bridgehead atoms. The van der Waals surface area contributed by atoms with Crippen LogP contribution in [0.5, 0.6) is 0 Å². The maximum Gasteiger partial charge on any atom is 0.269 e. The molecule has 130 valence electrons. The van der Waals surface area contributed by atoms with Crippen molar-refractivity contribution in [1.82, 2.24) is 16.2 Å². The fourth-order valence-electron chi connectivity index (χ4n) is 2.01. The number of amides is 2. The zero-order chi connectivity index (χ0) is 18.4. The molecule has 0 atom stereocenters. The number of benzene rings is 2. The number of hydrogen-bond donors (Lipinski definition) is 3. The van der Waals surface area contributed by atoms with Crippen LogP contribution in [-0.4, -0.2) is 16.9 Å². The molecule has 0 saturated heterocycles. The maximum atomic E-state index is 12.1. The molecule has 0 radical (unpaired) electrons. The van der Waals surface area contributed by atoms with Gasteiger partial charge in [-0.3, -0.25) is 25.8 Å². The summed E-state index contributed by atoms with van der Waals surface area (Å²) in [5.41, 5.74) is 6.95. The summed E-state index contributed by atoms with van der Waals surface area (Å²) in [6.45, 7) is 4.16. The molecule has 3 N–H and O–H groups in total. The Kier molecular flexibility index (Phi) is 6.50. The molecule has 0 unspecified atom stereocenters. The van der Waals surface area contributed by atoms with E-state index in [9.17, 15) is 9.59 Å². The highest BCUT2D eigenvalue weighted by Gasteiger charge is 2.10. The molecule has 0 aliphatic rings. The Balaban J connectivity index is 1.86. The molecule has 0 heterocycles. The third kappa shape index (κ3) is 5.55. The molecule has 0 saturated carbocycles. The van der Waals surface area contributed by atoms with Gasteiger partial charge in [0.1, 0.15) is 0 Å². The number of hydrazine groups is 1. The molecule has 5 nitrogen and oxygen atoms in total. The third-order valence-electron chi connectivity index (χ3n) is 3.46. The van der Waals surface area contributed by atoms with Gasteiger partial charge in [0.25, 0.3) is 11.8 Å². The van der Waals surface area contributed by atoms with Crippen molar-refractivity contribution in [2.45, 2.75) is 19.8 Å². The molecule has 0 spiro atoms. The smallest absolute Gasteiger partial charge is 0.269 e. The highest BCUT2D eigenvalue weighted by molar-refractivity contribution is 7.80. The van der Waals surface area contributed by atoms with Gasteiger partial charge in [-0.2, -0.15) is 0 Å². The molecule has 0 aliphatic carbocycles. The maximum absolute atomic E-state index is 12.1. The number of rotatable bonds is 3. The van der Waals surface area contributed by atoms with Crippen LogP contribution in [-0.2, 0) is 0 Å². The molecule has 2 aromatic carbocycles. The van der Waals surface area contributed by atoms with E-state index < -0.39 is 5.91 Å². The van der Waals surface area contributed by atoms with E-state index in [0.29, 0.717) is 22.1 Å². The van der Waals surface area contributed by atoms with E-state index in [-0.39, 0.29) is 11.0 Å². The molecular formula is C18H18ClN3O2S. The second-order valence-corrected chi connectivity index (χ2v) is 6.49. The van der Waals surface area contributed by atoms with Gasteiger partial charge in [-0.15, -0.1) is 0 Å². The largest absolute Gasteiger partial charge is 0.298 e. The predicted octanol–water partition coefficient (Wildman–Crippen LogP) is 3.41. The predicted molar refractivity (Wildman–Crippen MR) is 103 cm³/mol. The molecule has 0 aromatic heterocycles. The second-order valence-electron chi connectivity index (χ2n) is 5.65. The Morgan fingerprint density at radius 2 is 1.40 bits per heavy atom. The first kappa shape index (κ1) is 18.9. The lowest BCUT2D eigenvalue weighted by Gasteiger charge is -2.11. The van der Waals surface area contributed by atoms with E-state index in [1.165, 1.54) is 0 Å². The zero-order valence-electron chi connectivity index (χ0n) is 13.8. The average molecular weight is 376 g/mol. The summed E-state index contributed by atoms with van der Waals surface area (Å²) in [5.74, 6) is -0.356. The Morgan fingerprint density at radius 3 is 1.96 bits per heavy atom. The van der Waals surface area contributed by atoms with Gasteiger partial charge < -0.3 is 0 Å². The van der Waals surface area contributed by atoms with Gasteiger partial charge >= 0.3 is 0 Å². The van der Waals surface area contributed by atoms with Crippen LogP contribution in [0.3, 0.4) is 0 Å². The first-order valence-electron chi connectivity index (χ1n) is 7.64. The molecular weight excluding hydrogens is 358 g/mol. The summed E-state index contributed by atoms with van der Waals surface area (Å²) < 4.78 is 0. The minimum absolute atomic E-state index is 0.000231. The van der Waals surface area contributed by atoms with Gasteiger partial charge in [-0.1, -0.05) is 37.6 Å². The van der Waals surface area contributed by atoms with Gasteiger partial charge in [0, 0.05) is 16.1 Å². The fraction of sp³-hybridized carbons (Fsp3) is 0.167. The van der Waals surface area contributed by atoms with Crippen LogP contribution in [0.2, 0.25) is 5.02 Å². The second kappa shape index (κ2) is 8.60. The quantitative estimate of drug-likeness (QED) is 0.568. The van der Waals surface area contributed by atoms with Crippen molar-refractivity contribution in [3.63, 3.8) is 0 Å². The van der Waals surface area contributed by atoms with Crippen molar-refractivity contribution >= 4 is 40.7 Å². The van der Waals surface area contributed by atoms with Crippen molar-refractivity contribution in [3.05, 3.63) is 70.2 Å². The van der Waals surface area contributed by atoms with Crippen LogP contribution in [0.1, 0.15) is 46.0 Å². The van der Waals surface area contributed by atoms with Gasteiger partial charge in [-0.25, -0.2) is 0 Å². The molecule has 7 heteroatoms. The summed E-state index contributed by atoms with van der Waals surface area (Å²) in [7, 11) is 0. The van der Waals surface area contributed by atoms with Crippen molar-refractivity contribution < 1.29 is 9.59 Å². The van der Waals surface area contributed by atoms with E-state index in [2.05, 4.69) is 30.0 Å². The minimum Gasteiger partial charge on any atom is -0.298 e. The van der Waals surface area contributed by atoms with Crippen LogP contribution < -0.4 is 16.2 Å². The molecule has 25 heavy (non-hydrogen) atoms. The van der Waals surface area contributed by atoms with Crippen LogP contribution in [0.25, 0.3) is 0 Å². The number of thiocarbonyl (C=S) groups is 1. The highest BCUT2D eigenvalue weighted by Crippen LogP contribution is 2.14. The first-order chi connectivity index (χ1) is 11.9. The third-order valence-corrected chi connectivity index (χ3v) is 3.92. The summed E-state index contributed by atoms with van der Waals surface area (Å²) in [6.07, 6.45) is 0. The van der Waals surface area contributed by atoms with Crippen molar-refractivity contribution in [2.75, 3.05) is 0 Å². The summed E-state index contributed by atoms with van der Waals surface area (Å²) >= 11 is 10.8. The van der Waals surface area contributed by atoms with Crippen molar-refractivity contribution in [3.8, 4) is 0 Å². The summed E-state index contributed by atoms with van der Waals surface area (Å²) in [4.78, 5) is 24.1. The first-order valence-corrected chi connectivity index (χ1v) is 8.42. The van der Waals surface area contributed by atoms with Gasteiger partial charge in [0.15, 0.2) is 5.11 Å². The Bertz CT molecular complexity index is 774. The Morgan fingerprint density at radius 1 is 0.880 bits per heavy atom. The van der Waals surface area contributed by atoms with Crippen molar-refractivity contribution in [1.29, 1.82) is 0 Å². The van der Waals surface area contributed by atoms with Crippen LogP contribution >= 0.6 is 23.8 Å². The van der Waals surface area contributed by atoms with E-state index in [1.807, 2.05) is 12.1 Å². The molecule has 0 aliphatic heterocycles. The lowest BCUT2D eigenvalue weighted by molar-refractivity contribution is 0.0934. The lowest BCUT2D eigenvalue weighted by atomic mass is 10.0. The van der Waals surface area contributed by atoms with E-state index in [1.54, 1.807) is 36.4 Å².